The van der Waals surface area contributed by atoms with E-state index >= 15 is 0 Å². The molecule has 2 aromatic rings. The number of benzene rings is 2. The van der Waals surface area contributed by atoms with Gasteiger partial charge in [-0.3, -0.25) is 4.90 Å². The van der Waals surface area contributed by atoms with Crippen molar-refractivity contribution in [3.63, 3.8) is 0 Å². The Kier molecular flexibility index (Phi) is 4.48. The third kappa shape index (κ3) is 3.55. The molecule has 2 aliphatic rings. The van der Waals surface area contributed by atoms with Crippen molar-refractivity contribution in [1.29, 1.82) is 0 Å². The molecule has 0 radical (unpaired) electrons. The maximum atomic E-state index is 13.1. The summed E-state index contributed by atoms with van der Waals surface area (Å²) in [5, 5.41) is 3.84. The summed E-state index contributed by atoms with van der Waals surface area (Å²) < 4.78 is 13.1. The average Bonchev–Trinajstić information content (AvgIpc) is 2.77. The predicted molar refractivity (Wildman–Crippen MR) is 99.9 cm³/mol. The number of likely N-dealkylation sites (tertiary alicyclic amines) is 1. The van der Waals surface area contributed by atoms with Gasteiger partial charge in [0.05, 0.1) is 0 Å². The Balaban J connectivity index is 1.43. The largest absolute Gasteiger partial charge is 0.379 e. The first kappa shape index (κ1) is 16.6. The highest BCUT2D eigenvalue weighted by Crippen LogP contribution is 2.39. The van der Waals surface area contributed by atoms with Crippen molar-refractivity contribution in [2.45, 2.75) is 43.8 Å². The van der Waals surface area contributed by atoms with Crippen molar-refractivity contribution in [3.8, 4) is 0 Å². The number of para-hydroxylation sites is 1. The van der Waals surface area contributed by atoms with Crippen LogP contribution in [0.4, 0.5) is 10.1 Å². The van der Waals surface area contributed by atoms with E-state index in [1.807, 2.05) is 12.1 Å². The first-order chi connectivity index (χ1) is 12.1. The fourth-order valence-corrected chi connectivity index (χ4v) is 4.23. The molecule has 4 rings (SSSR count). The second-order valence-electron chi connectivity index (χ2n) is 7.54. The highest BCUT2D eigenvalue weighted by molar-refractivity contribution is 5.55. The molecule has 2 aromatic carbocycles. The number of nitrogens with zero attached hydrogens (tertiary/aromatic N) is 1. The van der Waals surface area contributed by atoms with E-state index in [9.17, 15) is 4.39 Å². The smallest absolute Gasteiger partial charge is 0.123 e. The van der Waals surface area contributed by atoms with Gasteiger partial charge in [0.1, 0.15) is 5.82 Å². The molecule has 2 aliphatic heterocycles. The van der Waals surface area contributed by atoms with Crippen LogP contribution in [-0.2, 0) is 6.54 Å². The van der Waals surface area contributed by atoms with Crippen LogP contribution in [0, 0.1) is 5.82 Å². The molecule has 1 spiro atoms. The molecule has 2 heterocycles. The molecule has 1 atom stereocenters. The van der Waals surface area contributed by atoms with Gasteiger partial charge < -0.3 is 11.1 Å². The molecule has 3 N–H and O–H groups in total. The lowest BCUT2D eigenvalue weighted by Gasteiger charge is -2.42. The summed E-state index contributed by atoms with van der Waals surface area (Å²) in [4.78, 5) is 2.47. The third-order valence-electron chi connectivity index (χ3n) is 5.83. The lowest BCUT2D eigenvalue weighted by molar-refractivity contribution is 0.159. The number of nitrogens with two attached hydrogens (primary N) is 1. The van der Waals surface area contributed by atoms with E-state index in [-0.39, 0.29) is 17.4 Å². The molecule has 0 aromatic heterocycles. The van der Waals surface area contributed by atoms with E-state index in [1.165, 1.54) is 16.8 Å². The minimum atomic E-state index is -0.168. The fraction of sp³-hybridized carbons (Fsp3) is 0.429. The maximum Gasteiger partial charge on any atom is 0.123 e. The van der Waals surface area contributed by atoms with Crippen LogP contribution in [0.2, 0.25) is 0 Å². The van der Waals surface area contributed by atoms with Gasteiger partial charge in [-0.25, -0.2) is 4.39 Å². The van der Waals surface area contributed by atoms with Gasteiger partial charge in [-0.1, -0.05) is 30.3 Å². The molecule has 1 fully saturated rings. The summed E-state index contributed by atoms with van der Waals surface area (Å²) >= 11 is 0. The zero-order valence-corrected chi connectivity index (χ0v) is 14.5. The molecule has 25 heavy (non-hydrogen) atoms. The van der Waals surface area contributed by atoms with Crippen LogP contribution in [-0.4, -0.2) is 23.5 Å². The zero-order chi connectivity index (χ0) is 17.3. The number of fused-ring (bicyclic) bond motifs is 1. The van der Waals surface area contributed by atoms with Crippen molar-refractivity contribution in [2.24, 2.45) is 5.73 Å². The number of hydrogen-bond acceptors (Lipinski definition) is 3. The Bertz CT molecular complexity index is 720. The van der Waals surface area contributed by atoms with Crippen molar-refractivity contribution >= 4 is 5.69 Å². The van der Waals surface area contributed by atoms with Crippen molar-refractivity contribution < 1.29 is 4.39 Å². The molecule has 4 heteroatoms. The van der Waals surface area contributed by atoms with Crippen molar-refractivity contribution in [2.75, 3.05) is 18.4 Å². The number of halogens is 1. The summed E-state index contributed by atoms with van der Waals surface area (Å²) in [6.07, 6.45) is 4.39. The SMILES string of the molecule is NC1CCC2(CCN(Cc3ccc(F)cc3)CC2)Nc2ccccc21. The van der Waals surface area contributed by atoms with Crippen molar-refractivity contribution in [1.82, 2.24) is 4.90 Å². The van der Waals surface area contributed by atoms with Gasteiger partial charge in [-0.2, -0.15) is 0 Å². The highest BCUT2D eigenvalue weighted by Gasteiger charge is 2.37. The molecule has 132 valence electrons. The molecule has 3 nitrogen and oxygen atoms in total. The Morgan fingerprint density at radius 3 is 2.52 bits per heavy atom. The Morgan fingerprint density at radius 2 is 1.76 bits per heavy atom. The highest BCUT2D eigenvalue weighted by atomic mass is 19.1. The first-order valence-corrected chi connectivity index (χ1v) is 9.23. The molecule has 1 unspecified atom stereocenters. The minimum absolute atomic E-state index is 0.125. The van der Waals surface area contributed by atoms with Gasteiger partial charge >= 0.3 is 0 Å². The Hall–Kier alpha value is -1.91. The number of piperidine rings is 1. The minimum Gasteiger partial charge on any atom is -0.379 e. The number of nitrogens with one attached hydrogen (secondary N) is 1. The van der Waals surface area contributed by atoms with Gasteiger partial charge in [-0.05, 0) is 55.0 Å². The molecule has 0 bridgehead atoms. The molecule has 0 aliphatic carbocycles. The van der Waals surface area contributed by atoms with Crippen LogP contribution < -0.4 is 11.1 Å². The molecular weight excluding hydrogens is 313 g/mol. The topological polar surface area (TPSA) is 41.3 Å². The Morgan fingerprint density at radius 1 is 1.04 bits per heavy atom. The average molecular weight is 339 g/mol. The van der Waals surface area contributed by atoms with Crippen LogP contribution >= 0.6 is 0 Å². The normalized spacial score (nSPS) is 22.9. The van der Waals surface area contributed by atoms with Crippen molar-refractivity contribution in [3.05, 3.63) is 65.5 Å². The summed E-state index contributed by atoms with van der Waals surface area (Å²) in [5.41, 5.74) is 10.2. The predicted octanol–water partition coefficient (Wildman–Crippen LogP) is 4.07. The van der Waals surface area contributed by atoms with Gasteiger partial charge in [0.25, 0.3) is 0 Å². The monoisotopic (exact) mass is 339 g/mol. The first-order valence-electron chi connectivity index (χ1n) is 9.23. The lowest BCUT2D eigenvalue weighted by Crippen LogP contribution is -2.48. The van der Waals surface area contributed by atoms with E-state index in [0.29, 0.717) is 0 Å². The summed E-state index contributed by atoms with van der Waals surface area (Å²) in [5.74, 6) is -0.168. The summed E-state index contributed by atoms with van der Waals surface area (Å²) in [6, 6.07) is 15.5. The number of hydrogen-bond donors (Lipinski definition) is 2. The number of rotatable bonds is 2. The molecule has 1 saturated heterocycles. The van der Waals surface area contributed by atoms with Crippen LogP contribution in [0.1, 0.15) is 42.9 Å². The van der Waals surface area contributed by atoms with E-state index in [4.69, 9.17) is 5.73 Å². The third-order valence-corrected chi connectivity index (χ3v) is 5.83. The Labute approximate surface area is 149 Å². The lowest BCUT2D eigenvalue weighted by atomic mass is 9.83. The van der Waals surface area contributed by atoms with Crippen LogP contribution in [0.3, 0.4) is 0 Å². The number of anilines is 1. The van der Waals surface area contributed by atoms with E-state index in [0.717, 1.165) is 45.3 Å². The summed E-state index contributed by atoms with van der Waals surface area (Å²) in [6.45, 7) is 3.01. The van der Waals surface area contributed by atoms with Gasteiger partial charge in [-0.15, -0.1) is 0 Å². The van der Waals surface area contributed by atoms with Crippen LogP contribution in [0.5, 0.6) is 0 Å². The molecule has 0 saturated carbocycles. The van der Waals surface area contributed by atoms with E-state index < -0.39 is 0 Å². The zero-order valence-electron chi connectivity index (χ0n) is 14.5. The van der Waals surface area contributed by atoms with Crippen LogP contribution in [0.25, 0.3) is 0 Å². The molecular formula is C21H26FN3. The van der Waals surface area contributed by atoms with E-state index in [1.54, 1.807) is 12.1 Å². The fourth-order valence-electron chi connectivity index (χ4n) is 4.23. The quantitative estimate of drug-likeness (QED) is 0.867. The van der Waals surface area contributed by atoms with E-state index in [2.05, 4.69) is 34.5 Å². The molecule has 0 amide bonds. The van der Waals surface area contributed by atoms with Crippen LogP contribution in [0.15, 0.2) is 48.5 Å². The summed E-state index contributed by atoms with van der Waals surface area (Å²) in [7, 11) is 0. The van der Waals surface area contributed by atoms with Gasteiger partial charge in [0.15, 0.2) is 0 Å². The second-order valence-corrected chi connectivity index (χ2v) is 7.54. The van der Waals surface area contributed by atoms with Gasteiger partial charge in [0, 0.05) is 36.9 Å². The maximum absolute atomic E-state index is 13.1. The standard InChI is InChI=1S/C21H26FN3/c22-17-7-5-16(6-8-17)15-25-13-11-21(12-14-25)10-9-19(23)18-3-1-2-4-20(18)24-21/h1-8,19,24H,9-15,23H2. The van der Waals surface area contributed by atoms with Gasteiger partial charge in [0.2, 0.25) is 0 Å². The second kappa shape index (κ2) is 6.77.